The first-order valence-electron chi connectivity index (χ1n) is 10.5. The number of hydrogen-bond donors (Lipinski definition) is 1. The Balaban J connectivity index is 1.76. The number of carbonyl (C=O) groups is 1. The van der Waals surface area contributed by atoms with Gasteiger partial charge in [-0.05, 0) is 43.9 Å². The fraction of sp³-hybridized carbons (Fsp3) is 0.375. The maximum Gasteiger partial charge on any atom is 0.262 e. The van der Waals surface area contributed by atoms with Gasteiger partial charge in [0.25, 0.3) is 5.56 Å². The van der Waals surface area contributed by atoms with Crippen molar-refractivity contribution in [1.29, 1.82) is 0 Å². The first kappa shape index (κ1) is 22.1. The Bertz CT molecular complexity index is 1030. The molecule has 0 unspecified atom stereocenters. The van der Waals surface area contributed by atoms with E-state index in [1.807, 2.05) is 49.4 Å². The van der Waals surface area contributed by atoms with Gasteiger partial charge in [0.1, 0.15) is 0 Å². The molecular weight excluding hydrogens is 394 g/mol. The van der Waals surface area contributed by atoms with Gasteiger partial charge in [0, 0.05) is 12.6 Å². The predicted molar refractivity (Wildman–Crippen MR) is 124 cm³/mol. The molecule has 0 saturated carbocycles. The molecule has 0 bridgehead atoms. The lowest BCUT2D eigenvalue weighted by molar-refractivity contribution is -0.119. The number of benzene rings is 2. The molecule has 158 valence electrons. The number of hydrogen-bond acceptors (Lipinski definition) is 4. The van der Waals surface area contributed by atoms with Gasteiger partial charge in [0.2, 0.25) is 5.91 Å². The zero-order valence-corrected chi connectivity index (χ0v) is 18.5. The highest BCUT2D eigenvalue weighted by atomic mass is 32.2. The maximum absolute atomic E-state index is 13.1. The van der Waals surface area contributed by atoms with E-state index in [1.165, 1.54) is 17.3 Å². The first-order valence-corrected chi connectivity index (χ1v) is 11.5. The third kappa shape index (κ3) is 5.95. The minimum absolute atomic E-state index is 0.0285. The molecule has 0 aliphatic carbocycles. The molecule has 0 radical (unpaired) electrons. The molecule has 30 heavy (non-hydrogen) atoms. The van der Waals surface area contributed by atoms with Gasteiger partial charge < -0.3 is 5.32 Å². The molecule has 3 rings (SSSR count). The molecule has 3 aromatic rings. The van der Waals surface area contributed by atoms with E-state index in [4.69, 9.17) is 4.98 Å². The number of amides is 1. The SMILES string of the molecule is CCC[C@H](C)NC(=O)CSc1nc2ccccc2c(=O)n1CCCc1ccccc1. The molecule has 0 aliphatic heterocycles. The van der Waals surface area contributed by atoms with Crippen molar-refractivity contribution in [2.45, 2.75) is 57.3 Å². The van der Waals surface area contributed by atoms with Gasteiger partial charge in [0.05, 0.1) is 16.7 Å². The summed E-state index contributed by atoms with van der Waals surface area (Å²) in [5, 5.41) is 4.23. The highest BCUT2D eigenvalue weighted by molar-refractivity contribution is 7.99. The fourth-order valence-corrected chi connectivity index (χ4v) is 4.33. The molecule has 2 aromatic carbocycles. The van der Waals surface area contributed by atoms with Crippen molar-refractivity contribution in [1.82, 2.24) is 14.9 Å². The van der Waals surface area contributed by atoms with Crippen LogP contribution in [0.1, 0.15) is 38.7 Å². The van der Waals surface area contributed by atoms with Gasteiger partial charge in [-0.3, -0.25) is 14.2 Å². The van der Waals surface area contributed by atoms with E-state index in [2.05, 4.69) is 24.4 Å². The average Bonchev–Trinajstić information content (AvgIpc) is 2.75. The van der Waals surface area contributed by atoms with Crippen LogP contribution in [0.15, 0.2) is 64.5 Å². The van der Waals surface area contributed by atoms with E-state index in [0.717, 1.165) is 25.7 Å². The van der Waals surface area contributed by atoms with Crippen molar-refractivity contribution in [2.75, 3.05) is 5.75 Å². The van der Waals surface area contributed by atoms with Crippen LogP contribution in [0.5, 0.6) is 0 Å². The van der Waals surface area contributed by atoms with Crippen LogP contribution in [0.25, 0.3) is 10.9 Å². The molecule has 5 nitrogen and oxygen atoms in total. The number of nitrogens with zero attached hydrogens (tertiary/aromatic N) is 2. The summed E-state index contributed by atoms with van der Waals surface area (Å²) < 4.78 is 1.72. The number of aryl methyl sites for hydroxylation is 1. The molecule has 1 atom stereocenters. The van der Waals surface area contributed by atoms with Gasteiger partial charge in [-0.25, -0.2) is 4.98 Å². The second-order valence-corrected chi connectivity index (χ2v) is 8.45. The van der Waals surface area contributed by atoms with Crippen LogP contribution in [-0.2, 0) is 17.8 Å². The van der Waals surface area contributed by atoms with Crippen LogP contribution in [0.3, 0.4) is 0 Å². The van der Waals surface area contributed by atoms with Crippen LogP contribution in [0.4, 0.5) is 0 Å². The van der Waals surface area contributed by atoms with Crippen molar-refractivity contribution in [3.05, 3.63) is 70.5 Å². The van der Waals surface area contributed by atoms with Gasteiger partial charge in [-0.1, -0.05) is 67.6 Å². The van der Waals surface area contributed by atoms with Crippen molar-refractivity contribution in [2.24, 2.45) is 0 Å². The molecule has 1 aromatic heterocycles. The summed E-state index contributed by atoms with van der Waals surface area (Å²) in [6, 6.07) is 17.8. The lowest BCUT2D eigenvalue weighted by Crippen LogP contribution is -2.34. The Hall–Kier alpha value is -2.60. The molecule has 6 heteroatoms. The van der Waals surface area contributed by atoms with Crippen LogP contribution in [0.2, 0.25) is 0 Å². The quantitative estimate of drug-likeness (QED) is 0.387. The molecule has 0 aliphatic rings. The molecular formula is C24H29N3O2S. The summed E-state index contributed by atoms with van der Waals surface area (Å²) in [6.07, 6.45) is 3.70. The summed E-state index contributed by atoms with van der Waals surface area (Å²) in [5.41, 5.74) is 1.87. The fourth-order valence-electron chi connectivity index (χ4n) is 3.49. The highest BCUT2D eigenvalue weighted by Gasteiger charge is 2.14. The minimum Gasteiger partial charge on any atom is -0.353 e. The number of rotatable bonds is 10. The number of aromatic nitrogens is 2. The second kappa shape index (κ2) is 11.0. The molecule has 1 heterocycles. The van der Waals surface area contributed by atoms with E-state index in [9.17, 15) is 9.59 Å². The number of fused-ring (bicyclic) bond motifs is 1. The Morgan fingerprint density at radius 3 is 2.63 bits per heavy atom. The van der Waals surface area contributed by atoms with Gasteiger partial charge in [0.15, 0.2) is 5.16 Å². The predicted octanol–water partition coefficient (Wildman–Crippen LogP) is 4.43. The molecule has 1 N–H and O–H groups in total. The van der Waals surface area contributed by atoms with E-state index < -0.39 is 0 Å². The normalized spacial score (nSPS) is 12.1. The summed E-state index contributed by atoms with van der Waals surface area (Å²) in [7, 11) is 0. The van der Waals surface area contributed by atoms with Crippen molar-refractivity contribution >= 4 is 28.6 Å². The van der Waals surface area contributed by atoms with Gasteiger partial charge >= 0.3 is 0 Å². The molecule has 0 saturated heterocycles. The van der Waals surface area contributed by atoms with Crippen LogP contribution in [0, 0.1) is 0 Å². The zero-order chi connectivity index (χ0) is 21.3. The van der Waals surface area contributed by atoms with Crippen molar-refractivity contribution in [3.8, 4) is 0 Å². The largest absolute Gasteiger partial charge is 0.353 e. The third-order valence-electron chi connectivity index (χ3n) is 4.98. The van der Waals surface area contributed by atoms with Crippen molar-refractivity contribution in [3.63, 3.8) is 0 Å². The molecule has 0 spiro atoms. The summed E-state index contributed by atoms with van der Waals surface area (Å²) in [6.45, 7) is 4.69. The Morgan fingerprint density at radius 2 is 1.87 bits per heavy atom. The summed E-state index contributed by atoms with van der Waals surface area (Å²) in [5.74, 6) is 0.219. The van der Waals surface area contributed by atoms with Gasteiger partial charge in [-0.2, -0.15) is 0 Å². The zero-order valence-electron chi connectivity index (χ0n) is 17.6. The lowest BCUT2D eigenvalue weighted by Gasteiger charge is -2.15. The maximum atomic E-state index is 13.1. The first-order chi connectivity index (χ1) is 14.6. The topological polar surface area (TPSA) is 64.0 Å². The monoisotopic (exact) mass is 423 g/mol. The Labute approximate surface area is 181 Å². The number of thioether (sulfide) groups is 1. The number of carbonyl (C=O) groups excluding carboxylic acids is 1. The van der Waals surface area contributed by atoms with E-state index in [1.54, 1.807) is 4.57 Å². The van der Waals surface area contributed by atoms with Crippen LogP contribution < -0.4 is 10.9 Å². The molecule has 1 amide bonds. The Kier molecular flexibility index (Phi) is 8.08. The number of nitrogens with one attached hydrogen (secondary N) is 1. The second-order valence-electron chi connectivity index (χ2n) is 7.50. The summed E-state index contributed by atoms with van der Waals surface area (Å²) in [4.78, 5) is 30.1. The summed E-state index contributed by atoms with van der Waals surface area (Å²) >= 11 is 1.33. The van der Waals surface area contributed by atoms with Gasteiger partial charge in [-0.15, -0.1) is 0 Å². The Morgan fingerprint density at radius 1 is 1.13 bits per heavy atom. The minimum atomic E-state index is -0.0454. The van der Waals surface area contributed by atoms with Crippen LogP contribution >= 0.6 is 11.8 Å². The molecule has 0 fully saturated rings. The highest BCUT2D eigenvalue weighted by Crippen LogP contribution is 2.18. The smallest absolute Gasteiger partial charge is 0.262 e. The lowest BCUT2D eigenvalue weighted by atomic mass is 10.1. The van der Waals surface area contributed by atoms with E-state index >= 15 is 0 Å². The average molecular weight is 424 g/mol. The van der Waals surface area contributed by atoms with Crippen LogP contribution in [-0.4, -0.2) is 27.3 Å². The van der Waals surface area contributed by atoms with E-state index in [0.29, 0.717) is 22.6 Å². The number of para-hydroxylation sites is 1. The standard InChI is InChI=1S/C24H29N3O2S/c1-3-10-18(2)25-22(28)17-30-24-26-21-15-8-7-14-20(21)23(29)27(24)16-9-13-19-11-5-4-6-12-19/h4-8,11-12,14-15,18H,3,9-10,13,16-17H2,1-2H3,(H,25,28)/t18-/m0/s1. The third-order valence-corrected chi connectivity index (χ3v) is 5.95. The van der Waals surface area contributed by atoms with E-state index in [-0.39, 0.29) is 23.3 Å². The van der Waals surface area contributed by atoms with Crippen molar-refractivity contribution < 1.29 is 4.79 Å².